The van der Waals surface area contributed by atoms with Gasteiger partial charge in [0.25, 0.3) is 17.7 Å². The molecule has 5 nitrogen and oxygen atoms in total. The van der Waals surface area contributed by atoms with Crippen LogP contribution in [-0.4, -0.2) is 17.7 Å². The number of alkyl halides is 3. The molecule has 0 aliphatic carbocycles. The Morgan fingerprint density at radius 3 is 2.03 bits per heavy atom. The third kappa shape index (κ3) is 3.32. The minimum absolute atomic E-state index is 0.0237. The molecule has 0 atom stereocenters. The van der Waals surface area contributed by atoms with Crippen molar-refractivity contribution in [2.75, 3.05) is 10.2 Å². The van der Waals surface area contributed by atoms with E-state index in [1.165, 1.54) is 42.5 Å². The van der Waals surface area contributed by atoms with Crippen LogP contribution in [0.5, 0.6) is 0 Å². The van der Waals surface area contributed by atoms with E-state index in [0.717, 1.165) is 17.0 Å². The van der Waals surface area contributed by atoms with Crippen molar-refractivity contribution in [3.8, 4) is 0 Å². The second-order valence-corrected chi connectivity index (χ2v) is 6.54. The Bertz CT molecular complexity index is 1150. The van der Waals surface area contributed by atoms with Gasteiger partial charge in [0.15, 0.2) is 0 Å². The summed E-state index contributed by atoms with van der Waals surface area (Å²) in [6.07, 6.45) is -4.56. The maximum Gasteiger partial charge on any atom is 0.416 e. The minimum atomic E-state index is -4.56. The molecule has 0 radical (unpaired) electrons. The van der Waals surface area contributed by atoms with E-state index in [0.29, 0.717) is 0 Å². The van der Waals surface area contributed by atoms with Gasteiger partial charge in [0.2, 0.25) is 0 Å². The summed E-state index contributed by atoms with van der Waals surface area (Å²) < 4.78 is 38.8. The van der Waals surface area contributed by atoms with Gasteiger partial charge in [-0.05, 0) is 42.5 Å². The van der Waals surface area contributed by atoms with E-state index < -0.39 is 29.5 Å². The second kappa shape index (κ2) is 7.14. The fourth-order valence-corrected chi connectivity index (χ4v) is 3.24. The highest BCUT2D eigenvalue weighted by Crippen LogP contribution is 2.33. The van der Waals surface area contributed by atoms with Gasteiger partial charge in [-0.25, -0.2) is 4.90 Å². The fraction of sp³-hybridized carbons (Fsp3) is 0.0455. The molecule has 0 fully saturated rings. The summed E-state index contributed by atoms with van der Waals surface area (Å²) in [5, 5.41) is 2.40. The lowest BCUT2D eigenvalue weighted by Gasteiger charge is -2.18. The van der Waals surface area contributed by atoms with Crippen molar-refractivity contribution < 1.29 is 27.6 Å². The summed E-state index contributed by atoms with van der Waals surface area (Å²) >= 11 is 0. The zero-order valence-electron chi connectivity index (χ0n) is 15.2. The number of rotatable bonds is 3. The first kappa shape index (κ1) is 19.4. The zero-order chi connectivity index (χ0) is 21.5. The van der Waals surface area contributed by atoms with Crippen molar-refractivity contribution in [3.63, 3.8) is 0 Å². The Labute approximate surface area is 168 Å². The molecule has 0 saturated carbocycles. The molecule has 3 amide bonds. The predicted molar refractivity (Wildman–Crippen MR) is 103 cm³/mol. The molecule has 150 valence electrons. The number of hydrogen-bond donors (Lipinski definition) is 1. The summed E-state index contributed by atoms with van der Waals surface area (Å²) in [4.78, 5) is 39.2. The first-order valence-corrected chi connectivity index (χ1v) is 8.83. The fourth-order valence-electron chi connectivity index (χ4n) is 3.24. The van der Waals surface area contributed by atoms with E-state index in [1.807, 2.05) is 0 Å². The third-order valence-corrected chi connectivity index (χ3v) is 4.63. The Kier molecular flexibility index (Phi) is 4.62. The van der Waals surface area contributed by atoms with Gasteiger partial charge in [0, 0.05) is 5.69 Å². The molecule has 1 aliphatic rings. The van der Waals surface area contributed by atoms with Crippen LogP contribution in [0.1, 0.15) is 36.6 Å². The largest absolute Gasteiger partial charge is 0.416 e. The minimum Gasteiger partial charge on any atom is -0.322 e. The maximum absolute atomic E-state index is 12.9. The molecule has 30 heavy (non-hydrogen) atoms. The third-order valence-electron chi connectivity index (χ3n) is 4.63. The summed E-state index contributed by atoms with van der Waals surface area (Å²) in [5.74, 6) is -1.90. The molecule has 0 bridgehead atoms. The second-order valence-electron chi connectivity index (χ2n) is 6.54. The lowest BCUT2D eigenvalue weighted by atomic mass is 10.1. The predicted octanol–water partition coefficient (Wildman–Crippen LogP) is 4.76. The normalized spacial score (nSPS) is 13.4. The number of amides is 3. The first-order valence-electron chi connectivity index (χ1n) is 8.83. The smallest absolute Gasteiger partial charge is 0.322 e. The van der Waals surface area contributed by atoms with Crippen LogP contribution in [0.2, 0.25) is 0 Å². The maximum atomic E-state index is 12.9. The van der Waals surface area contributed by atoms with Gasteiger partial charge in [-0.1, -0.05) is 30.3 Å². The number of carbonyl (C=O) groups is 3. The lowest BCUT2D eigenvalue weighted by molar-refractivity contribution is -0.137. The quantitative estimate of drug-likeness (QED) is 0.634. The van der Waals surface area contributed by atoms with E-state index >= 15 is 0 Å². The van der Waals surface area contributed by atoms with E-state index in [2.05, 4.69) is 5.32 Å². The number of hydrogen-bond acceptors (Lipinski definition) is 3. The molecule has 0 saturated heterocycles. The van der Waals surface area contributed by atoms with Crippen molar-refractivity contribution in [1.82, 2.24) is 0 Å². The number of nitrogens with zero attached hydrogens (tertiary/aromatic N) is 1. The van der Waals surface area contributed by atoms with Crippen LogP contribution >= 0.6 is 0 Å². The number of para-hydroxylation sites is 1. The van der Waals surface area contributed by atoms with Crippen LogP contribution in [0.3, 0.4) is 0 Å². The van der Waals surface area contributed by atoms with Crippen LogP contribution < -0.4 is 10.2 Å². The number of nitrogens with one attached hydrogen (secondary N) is 1. The van der Waals surface area contributed by atoms with E-state index in [1.54, 1.807) is 18.2 Å². The van der Waals surface area contributed by atoms with Crippen molar-refractivity contribution in [2.45, 2.75) is 6.18 Å². The van der Waals surface area contributed by atoms with Gasteiger partial charge in [-0.2, -0.15) is 13.2 Å². The first-order chi connectivity index (χ1) is 14.3. The average molecular weight is 410 g/mol. The number of halogens is 3. The van der Waals surface area contributed by atoms with Crippen molar-refractivity contribution >= 4 is 29.1 Å². The van der Waals surface area contributed by atoms with Crippen molar-refractivity contribution in [3.05, 3.63) is 95.1 Å². The zero-order valence-corrected chi connectivity index (χ0v) is 15.2. The highest BCUT2D eigenvalue weighted by atomic mass is 19.4. The number of imide groups is 1. The van der Waals surface area contributed by atoms with Crippen LogP contribution in [-0.2, 0) is 6.18 Å². The summed E-state index contributed by atoms with van der Waals surface area (Å²) in [7, 11) is 0. The Morgan fingerprint density at radius 2 is 1.40 bits per heavy atom. The van der Waals surface area contributed by atoms with Gasteiger partial charge in [0.1, 0.15) is 0 Å². The summed E-state index contributed by atoms with van der Waals surface area (Å²) in [5.41, 5.74) is -0.510. The topological polar surface area (TPSA) is 66.5 Å². The van der Waals surface area contributed by atoms with Crippen molar-refractivity contribution in [2.24, 2.45) is 0 Å². The standard InChI is InChI=1S/C22H13F3N2O3/c23-22(24,25)13-6-5-7-14(12-13)26-19(28)17-10-3-4-11-18(17)27-20(29)15-8-1-2-9-16(15)21(27)30/h1-12H,(H,26,28). The van der Waals surface area contributed by atoms with Gasteiger partial charge < -0.3 is 5.32 Å². The van der Waals surface area contributed by atoms with E-state index in [4.69, 9.17) is 0 Å². The van der Waals surface area contributed by atoms with Crippen LogP contribution in [0.15, 0.2) is 72.8 Å². The lowest BCUT2D eigenvalue weighted by Crippen LogP contribution is -2.31. The molecular formula is C22H13F3N2O3. The highest BCUT2D eigenvalue weighted by molar-refractivity contribution is 6.35. The summed E-state index contributed by atoms with van der Waals surface area (Å²) in [6.45, 7) is 0. The molecule has 8 heteroatoms. The Balaban J connectivity index is 1.68. The SMILES string of the molecule is O=C(Nc1cccc(C(F)(F)F)c1)c1ccccc1N1C(=O)c2ccccc2C1=O. The average Bonchev–Trinajstić information content (AvgIpc) is 2.98. The molecule has 0 spiro atoms. The highest BCUT2D eigenvalue weighted by Gasteiger charge is 2.38. The molecular weight excluding hydrogens is 397 g/mol. The van der Waals surface area contributed by atoms with Crippen LogP contribution in [0.25, 0.3) is 0 Å². The summed E-state index contributed by atoms with van der Waals surface area (Å²) in [6, 6.07) is 16.4. The monoisotopic (exact) mass is 410 g/mol. The van der Waals surface area contributed by atoms with E-state index in [9.17, 15) is 27.6 Å². The van der Waals surface area contributed by atoms with E-state index in [-0.39, 0.29) is 28.1 Å². The molecule has 1 heterocycles. The molecule has 4 rings (SSSR count). The number of anilines is 2. The Hall–Kier alpha value is -3.94. The Morgan fingerprint density at radius 1 is 0.800 bits per heavy atom. The number of fused-ring (bicyclic) bond motifs is 1. The molecule has 1 aliphatic heterocycles. The van der Waals surface area contributed by atoms with Gasteiger partial charge in [-0.15, -0.1) is 0 Å². The molecule has 3 aromatic carbocycles. The number of benzene rings is 3. The van der Waals surface area contributed by atoms with Gasteiger partial charge in [0.05, 0.1) is 27.9 Å². The van der Waals surface area contributed by atoms with Crippen molar-refractivity contribution in [1.29, 1.82) is 0 Å². The molecule has 3 aromatic rings. The van der Waals surface area contributed by atoms with Gasteiger partial charge in [-0.3, -0.25) is 14.4 Å². The van der Waals surface area contributed by atoms with Crippen LogP contribution in [0.4, 0.5) is 24.5 Å². The van der Waals surface area contributed by atoms with Crippen LogP contribution in [0, 0.1) is 0 Å². The van der Waals surface area contributed by atoms with Gasteiger partial charge >= 0.3 is 6.18 Å². The number of carbonyl (C=O) groups excluding carboxylic acids is 3. The molecule has 1 N–H and O–H groups in total. The molecule has 0 unspecified atom stereocenters. The molecule has 0 aromatic heterocycles.